The van der Waals surface area contributed by atoms with Gasteiger partial charge in [0.25, 0.3) is 0 Å². The van der Waals surface area contributed by atoms with Crippen molar-refractivity contribution in [2.24, 2.45) is 0 Å². The molecule has 1 aromatic heterocycles. The summed E-state index contributed by atoms with van der Waals surface area (Å²) in [5.74, 6) is 1.05. The van der Waals surface area contributed by atoms with E-state index >= 15 is 0 Å². The summed E-state index contributed by atoms with van der Waals surface area (Å²) < 4.78 is 6.04. The first-order chi connectivity index (χ1) is 19.0. The highest BCUT2D eigenvalue weighted by atomic mass is 16.5. The summed E-state index contributed by atoms with van der Waals surface area (Å²) in [6.45, 7) is 7.71. The lowest BCUT2D eigenvalue weighted by molar-refractivity contribution is -0.126. The smallest absolute Gasteiger partial charge is 0.318 e. The number of amides is 2. The number of nitrogens with zero attached hydrogens (tertiary/aromatic N) is 5. The van der Waals surface area contributed by atoms with Gasteiger partial charge in [0.15, 0.2) is 0 Å². The van der Waals surface area contributed by atoms with Gasteiger partial charge in [0, 0.05) is 61.8 Å². The van der Waals surface area contributed by atoms with E-state index in [1.165, 1.54) is 6.08 Å². The van der Waals surface area contributed by atoms with Gasteiger partial charge in [0.1, 0.15) is 18.2 Å². The van der Waals surface area contributed by atoms with Crippen LogP contribution in [0.1, 0.15) is 24.1 Å². The summed E-state index contributed by atoms with van der Waals surface area (Å²) >= 11 is 0. The van der Waals surface area contributed by atoms with E-state index in [0.717, 1.165) is 52.9 Å². The van der Waals surface area contributed by atoms with Crippen LogP contribution in [0.5, 0.6) is 11.8 Å². The fraction of sp³-hybridized carbons (Fsp3) is 0.379. The Bertz CT molecular complexity index is 1430. The van der Waals surface area contributed by atoms with E-state index in [2.05, 4.69) is 27.8 Å². The van der Waals surface area contributed by atoms with Crippen molar-refractivity contribution in [1.29, 1.82) is 0 Å². The molecule has 0 radical (unpaired) electrons. The van der Waals surface area contributed by atoms with Crippen molar-refractivity contribution in [3.63, 3.8) is 0 Å². The number of hydrogen-bond donors (Lipinski definition) is 2. The Morgan fingerprint density at radius 3 is 2.69 bits per heavy atom. The zero-order chi connectivity index (χ0) is 26.9. The Hall–Kier alpha value is -4.34. The number of hydrogen-bond acceptors (Lipinski definition) is 8. The van der Waals surface area contributed by atoms with Crippen LogP contribution in [0.3, 0.4) is 0 Å². The topological polar surface area (TPSA) is 111 Å². The van der Waals surface area contributed by atoms with Crippen LogP contribution in [0.15, 0.2) is 49.1 Å². The maximum absolute atomic E-state index is 12.1. The van der Waals surface area contributed by atoms with Crippen LogP contribution in [0.25, 0.3) is 10.8 Å². The van der Waals surface area contributed by atoms with Gasteiger partial charge in [-0.3, -0.25) is 9.59 Å². The molecule has 2 saturated heterocycles. The number of ether oxygens (including phenoxy) is 1. The predicted octanol–water partition coefficient (Wildman–Crippen LogP) is 2.39. The van der Waals surface area contributed by atoms with Crippen molar-refractivity contribution in [2.75, 3.05) is 49.1 Å². The van der Waals surface area contributed by atoms with Gasteiger partial charge in [-0.15, -0.1) is 0 Å². The number of benzene rings is 2. The highest BCUT2D eigenvalue weighted by Gasteiger charge is 2.29. The van der Waals surface area contributed by atoms with Crippen LogP contribution in [0.2, 0.25) is 0 Å². The highest BCUT2D eigenvalue weighted by molar-refractivity contribution is 5.95. The molecule has 10 nitrogen and oxygen atoms in total. The van der Waals surface area contributed by atoms with E-state index in [4.69, 9.17) is 14.7 Å². The summed E-state index contributed by atoms with van der Waals surface area (Å²) in [5, 5.41) is 15.4. The van der Waals surface area contributed by atoms with E-state index < -0.39 is 0 Å². The largest absolute Gasteiger partial charge is 0.508 e. The number of anilines is 2. The van der Waals surface area contributed by atoms with Crippen LogP contribution in [-0.4, -0.2) is 77.2 Å². The molecule has 202 valence electrons. The molecule has 0 saturated carbocycles. The van der Waals surface area contributed by atoms with Gasteiger partial charge in [-0.1, -0.05) is 30.8 Å². The first-order valence-corrected chi connectivity index (χ1v) is 13.4. The number of piperazine rings is 1. The number of carbonyl (C=O) groups excluding carboxylic acids is 2. The molecule has 1 unspecified atom stereocenters. The van der Waals surface area contributed by atoms with Gasteiger partial charge in [0.05, 0.1) is 18.3 Å². The van der Waals surface area contributed by atoms with Gasteiger partial charge in [0.2, 0.25) is 11.8 Å². The molecular weight excluding hydrogens is 496 g/mol. The van der Waals surface area contributed by atoms with Gasteiger partial charge in [-0.2, -0.15) is 9.97 Å². The summed E-state index contributed by atoms with van der Waals surface area (Å²) in [7, 11) is 0. The molecule has 6 rings (SSSR count). The molecule has 2 fully saturated rings. The summed E-state index contributed by atoms with van der Waals surface area (Å²) in [5.41, 5.74) is 2.93. The minimum absolute atomic E-state index is 0.0385. The maximum Gasteiger partial charge on any atom is 0.318 e. The van der Waals surface area contributed by atoms with Crippen molar-refractivity contribution in [2.45, 2.75) is 31.8 Å². The molecule has 39 heavy (non-hydrogen) atoms. The molecule has 0 spiro atoms. The quantitative estimate of drug-likeness (QED) is 0.470. The normalized spacial score (nSPS) is 19.1. The Morgan fingerprint density at radius 1 is 1.10 bits per heavy atom. The number of phenols is 1. The van der Waals surface area contributed by atoms with Crippen molar-refractivity contribution < 1.29 is 19.4 Å². The van der Waals surface area contributed by atoms with Gasteiger partial charge < -0.3 is 29.9 Å². The lowest BCUT2D eigenvalue weighted by Gasteiger charge is -2.38. The second-order valence-electron chi connectivity index (χ2n) is 10.2. The Morgan fingerprint density at radius 2 is 1.92 bits per heavy atom. The molecule has 1 atom stereocenters. The van der Waals surface area contributed by atoms with Crippen molar-refractivity contribution >= 4 is 34.1 Å². The van der Waals surface area contributed by atoms with Crippen LogP contribution >= 0.6 is 0 Å². The first-order valence-electron chi connectivity index (χ1n) is 13.4. The van der Waals surface area contributed by atoms with Crippen LogP contribution < -0.4 is 19.9 Å². The monoisotopic (exact) mass is 528 g/mol. The van der Waals surface area contributed by atoms with Crippen LogP contribution in [-0.2, 0) is 22.6 Å². The SMILES string of the molecule is C=CC(=O)N1CCN(c2nc(OCC3CCC(=O)N3)nc3c2CCN(c2cc(O)cc4ccccc24)C3)CC1. The summed E-state index contributed by atoms with van der Waals surface area (Å²) in [4.78, 5) is 39.7. The first kappa shape index (κ1) is 25.0. The third-order valence-electron chi connectivity index (χ3n) is 7.75. The number of phenolic OH excluding ortho intramolecular Hbond substituents is 1. The summed E-state index contributed by atoms with van der Waals surface area (Å²) in [6.07, 6.45) is 3.33. The average molecular weight is 529 g/mol. The Balaban J connectivity index is 1.31. The third-order valence-corrected chi connectivity index (χ3v) is 7.75. The molecule has 10 heteroatoms. The number of rotatable bonds is 6. The Labute approximate surface area is 226 Å². The van der Waals surface area contributed by atoms with Gasteiger partial charge in [-0.05, 0) is 30.4 Å². The zero-order valence-corrected chi connectivity index (χ0v) is 21.8. The molecule has 3 aliphatic rings. The third kappa shape index (κ3) is 5.06. The van der Waals surface area contributed by atoms with E-state index in [9.17, 15) is 14.7 Å². The number of aromatic nitrogens is 2. The van der Waals surface area contributed by atoms with E-state index in [-0.39, 0.29) is 29.6 Å². The standard InChI is InChI=1S/C29H32N6O4/c1-2-27(38)33-11-13-34(14-12-33)28-23-9-10-35(25-16-21(36)15-19-5-3-4-6-22(19)25)17-24(23)31-29(32-28)39-18-20-7-8-26(37)30-20/h2-6,15-16,20,36H,1,7-14,17-18H2,(H,30,37). The minimum Gasteiger partial charge on any atom is -0.508 e. The molecular formula is C29H32N6O4. The van der Waals surface area contributed by atoms with E-state index in [1.54, 1.807) is 11.0 Å². The lowest BCUT2D eigenvalue weighted by atomic mass is 10.0. The molecule has 4 heterocycles. The molecule has 3 aliphatic heterocycles. The number of nitrogens with one attached hydrogen (secondary N) is 1. The van der Waals surface area contributed by atoms with Crippen molar-refractivity contribution in [3.8, 4) is 11.8 Å². The molecule has 2 N–H and O–H groups in total. The summed E-state index contributed by atoms with van der Waals surface area (Å²) in [6, 6.07) is 11.9. The van der Waals surface area contributed by atoms with Crippen LogP contribution in [0.4, 0.5) is 11.5 Å². The Kier molecular flexibility index (Phi) is 6.68. The molecule has 2 aromatic carbocycles. The van der Waals surface area contributed by atoms with E-state index in [1.807, 2.05) is 24.3 Å². The van der Waals surface area contributed by atoms with Gasteiger partial charge >= 0.3 is 6.01 Å². The minimum atomic E-state index is -0.0593. The molecule has 0 bridgehead atoms. The number of fused-ring (bicyclic) bond motifs is 2. The fourth-order valence-corrected chi connectivity index (χ4v) is 5.70. The van der Waals surface area contributed by atoms with E-state index in [0.29, 0.717) is 45.8 Å². The van der Waals surface area contributed by atoms with Crippen molar-refractivity contribution in [3.05, 3.63) is 60.3 Å². The second-order valence-corrected chi connectivity index (χ2v) is 10.2. The fourth-order valence-electron chi connectivity index (χ4n) is 5.70. The molecule has 0 aliphatic carbocycles. The predicted molar refractivity (Wildman–Crippen MR) is 148 cm³/mol. The average Bonchev–Trinajstić information content (AvgIpc) is 3.39. The van der Waals surface area contributed by atoms with Gasteiger partial charge in [-0.25, -0.2) is 0 Å². The lowest BCUT2D eigenvalue weighted by Crippen LogP contribution is -2.49. The maximum atomic E-state index is 12.1. The zero-order valence-electron chi connectivity index (χ0n) is 21.8. The highest BCUT2D eigenvalue weighted by Crippen LogP contribution is 2.36. The van der Waals surface area contributed by atoms with Crippen LogP contribution in [0, 0.1) is 0 Å². The number of aromatic hydroxyl groups is 1. The second kappa shape index (κ2) is 10.4. The molecule has 2 amide bonds. The molecule has 3 aromatic rings. The van der Waals surface area contributed by atoms with Crippen molar-refractivity contribution in [1.82, 2.24) is 20.2 Å². The number of carbonyl (C=O) groups is 2.